The summed E-state index contributed by atoms with van der Waals surface area (Å²) in [6.45, 7) is 8.18. The normalized spacial score (nSPS) is 18.3. The van der Waals surface area contributed by atoms with Crippen LogP contribution in [-0.2, 0) is 11.3 Å². The number of fused-ring (bicyclic) bond motifs is 2. The summed E-state index contributed by atoms with van der Waals surface area (Å²) < 4.78 is 14.2. The standard InChI is InChI=1S/C26H31FN4O2/c1-26(2,3)23(25(32)33)31-11-8-15(9-12-31)22-19-14-30(4)20-6-5-16(27)13-18(20)17-7-10-28-24(29-22)21(17)19/h5-7,10,13,15,23H,8-9,11-12,14H2,1-4H3,(H,28,29)(H,32,33). The number of H-pyrrole nitrogens is 1. The summed E-state index contributed by atoms with van der Waals surface area (Å²) in [5.41, 5.74) is 5.82. The molecular formula is C26H31FN4O2. The fraction of sp³-hybridized carbons (Fsp3) is 0.462. The average Bonchev–Trinajstić information content (AvgIpc) is 3.05. The van der Waals surface area contributed by atoms with E-state index in [-0.39, 0.29) is 11.2 Å². The second-order valence-corrected chi connectivity index (χ2v) is 10.5. The van der Waals surface area contributed by atoms with E-state index in [0.717, 1.165) is 53.8 Å². The van der Waals surface area contributed by atoms with Crippen molar-refractivity contribution in [2.24, 2.45) is 5.41 Å². The molecular weight excluding hydrogens is 419 g/mol. The number of nitrogens with zero attached hydrogens (tertiary/aromatic N) is 3. The molecule has 0 bridgehead atoms. The van der Waals surface area contributed by atoms with Gasteiger partial charge in [0.05, 0.1) is 0 Å². The van der Waals surface area contributed by atoms with Crippen molar-refractivity contribution in [2.45, 2.75) is 52.1 Å². The van der Waals surface area contributed by atoms with E-state index in [1.165, 1.54) is 17.3 Å². The van der Waals surface area contributed by atoms with Gasteiger partial charge < -0.3 is 15.0 Å². The SMILES string of the molecule is CN1Cc2c(C3CCN(C(C(=O)O)C(C)(C)C)CC3)[nH]c3nccc(c23)-c2cc(F)ccc21. The molecule has 7 heteroatoms. The minimum absolute atomic E-state index is 0.245. The maximum Gasteiger partial charge on any atom is 0.321 e. The van der Waals surface area contributed by atoms with E-state index >= 15 is 0 Å². The van der Waals surface area contributed by atoms with Crippen molar-refractivity contribution in [1.29, 1.82) is 0 Å². The van der Waals surface area contributed by atoms with Gasteiger partial charge in [-0.15, -0.1) is 0 Å². The zero-order valence-corrected chi connectivity index (χ0v) is 19.7. The molecule has 5 rings (SSSR count). The van der Waals surface area contributed by atoms with Crippen LogP contribution in [0, 0.1) is 11.2 Å². The smallest absolute Gasteiger partial charge is 0.321 e. The molecule has 1 saturated heterocycles. The third kappa shape index (κ3) is 3.68. The first-order chi connectivity index (χ1) is 15.6. The molecule has 1 unspecified atom stereocenters. The van der Waals surface area contributed by atoms with Crippen molar-refractivity contribution in [3.05, 3.63) is 47.5 Å². The van der Waals surface area contributed by atoms with E-state index < -0.39 is 12.0 Å². The molecule has 2 aromatic heterocycles. The Morgan fingerprint density at radius 3 is 2.61 bits per heavy atom. The second-order valence-electron chi connectivity index (χ2n) is 10.5. The lowest BCUT2D eigenvalue weighted by Crippen LogP contribution is -2.52. The van der Waals surface area contributed by atoms with E-state index in [4.69, 9.17) is 0 Å². The van der Waals surface area contributed by atoms with Crippen molar-refractivity contribution in [2.75, 3.05) is 25.0 Å². The van der Waals surface area contributed by atoms with Crippen molar-refractivity contribution in [3.63, 3.8) is 0 Å². The summed E-state index contributed by atoms with van der Waals surface area (Å²) in [4.78, 5) is 24.5. The van der Waals surface area contributed by atoms with Crippen LogP contribution in [-0.4, -0.2) is 52.1 Å². The van der Waals surface area contributed by atoms with Crippen molar-refractivity contribution < 1.29 is 14.3 Å². The molecule has 174 valence electrons. The van der Waals surface area contributed by atoms with Gasteiger partial charge in [0.15, 0.2) is 0 Å². The van der Waals surface area contributed by atoms with Crippen LogP contribution in [0.5, 0.6) is 0 Å². The number of hydrogen-bond donors (Lipinski definition) is 2. The van der Waals surface area contributed by atoms with Crippen LogP contribution in [0.2, 0.25) is 0 Å². The van der Waals surface area contributed by atoms with Gasteiger partial charge in [-0.05, 0) is 61.2 Å². The molecule has 0 amide bonds. The zero-order valence-electron chi connectivity index (χ0n) is 19.7. The first-order valence-corrected chi connectivity index (χ1v) is 11.6. The van der Waals surface area contributed by atoms with Crippen LogP contribution in [0.3, 0.4) is 0 Å². The number of aromatic amines is 1. The van der Waals surface area contributed by atoms with E-state index in [0.29, 0.717) is 12.5 Å². The van der Waals surface area contributed by atoms with Gasteiger partial charge in [-0.25, -0.2) is 9.37 Å². The van der Waals surface area contributed by atoms with Crippen LogP contribution in [0.25, 0.3) is 22.2 Å². The predicted octanol–water partition coefficient (Wildman–Crippen LogP) is 5.00. The number of aromatic nitrogens is 2. The maximum atomic E-state index is 14.2. The topological polar surface area (TPSA) is 72.5 Å². The molecule has 1 fully saturated rings. The molecule has 1 atom stereocenters. The van der Waals surface area contributed by atoms with Crippen LogP contribution in [0.1, 0.15) is 50.8 Å². The number of aliphatic carboxylic acids is 1. The number of rotatable bonds is 3. The number of benzene rings is 1. The highest BCUT2D eigenvalue weighted by Gasteiger charge is 2.39. The van der Waals surface area contributed by atoms with Gasteiger partial charge in [-0.3, -0.25) is 9.69 Å². The number of likely N-dealkylation sites (tertiary alicyclic amines) is 1. The minimum atomic E-state index is -0.751. The molecule has 4 heterocycles. The van der Waals surface area contributed by atoms with Crippen LogP contribution in [0.15, 0.2) is 30.5 Å². The molecule has 1 aromatic carbocycles. The molecule has 2 aliphatic rings. The quantitative estimate of drug-likeness (QED) is 0.588. The summed E-state index contributed by atoms with van der Waals surface area (Å²) in [7, 11) is 2.04. The number of pyridine rings is 1. The van der Waals surface area contributed by atoms with Gasteiger partial charge in [-0.1, -0.05) is 20.8 Å². The highest BCUT2D eigenvalue weighted by molar-refractivity contribution is 6.01. The van der Waals surface area contributed by atoms with Crippen molar-refractivity contribution >= 4 is 22.7 Å². The Balaban J connectivity index is 1.51. The number of carbonyl (C=O) groups is 1. The summed E-state index contributed by atoms with van der Waals surface area (Å²) in [6, 6.07) is 6.46. The van der Waals surface area contributed by atoms with Crippen molar-refractivity contribution in [1.82, 2.24) is 14.9 Å². The van der Waals surface area contributed by atoms with Gasteiger partial charge in [0.1, 0.15) is 17.5 Å². The molecule has 0 radical (unpaired) electrons. The average molecular weight is 451 g/mol. The first-order valence-electron chi connectivity index (χ1n) is 11.6. The summed E-state index contributed by atoms with van der Waals surface area (Å²) in [6.07, 6.45) is 3.56. The van der Waals surface area contributed by atoms with Gasteiger partial charge in [0.2, 0.25) is 0 Å². The summed E-state index contributed by atoms with van der Waals surface area (Å²) >= 11 is 0. The molecule has 6 nitrogen and oxygen atoms in total. The second kappa shape index (κ2) is 7.83. The Morgan fingerprint density at radius 1 is 1.21 bits per heavy atom. The lowest BCUT2D eigenvalue weighted by Gasteiger charge is -2.41. The molecule has 2 N–H and O–H groups in total. The number of halogens is 1. The van der Waals surface area contributed by atoms with Crippen LogP contribution >= 0.6 is 0 Å². The highest BCUT2D eigenvalue weighted by Crippen LogP contribution is 2.44. The molecule has 0 aliphatic carbocycles. The third-order valence-electron chi connectivity index (χ3n) is 7.24. The largest absolute Gasteiger partial charge is 0.480 e. The fourth-order valence-electron chi connectivity index (χ4n) is 5.84. The predicted molar refractivity (Wildman–Crippen MR) is 128 cm³/mol. The lowest BCUT2D eigenvalue weighted by atomic mass is 9.83. The third-order valence-corrected chi connectivity index (χ3v) is 7.24. The summed E-state index contributed by atoms with van der Waals surface area (Å²) in [5.74, 6) is -0.691. The number of anilines is 1. The summed E-state index contributed by atoms with van der Waals surface area (Å²) in [5, 5.41) is 10.9. The van der Waals surface area contributed by atoms with Crippen molar-refractivity contribution in [3.8, 4) is 11.1 Å². The molecule has 0 saturated carbocycles. The number of hydrogen-bond acceptors (Lipinski definition) is 4. The molecule has 33 heavy (non-hydrogen) atoms. The zero-order chi connectivity index (χ0) is 23.5. The van der Waals surface area contributed by atoms with Crippen LogP contribution < -0.4 is 4.90 Å². The lowest BCUT2D eigenvalue weighted by molar-refractivity contribution is -0.148. The monoisotopic (exact) mass is 450 g/mol. The Bertz CT molecular complexity index is 1220. The number of carboxylic acids is 1. The van der Waals surface area contributed by atoms with E-state index in [9.17, 15) is 14.3 Å². The Morgan fingerprint density at radius 2 is 1.94 bits per heavy atom. The van der Waals surface area contributed by atoms with Gasteiger partial charge >= 0.3 is 5.97 Å². The Hall–Kier alpha value is -2.93. The van der Waals surface area contributed by atoms with Gasteiger partial charge in [0.25, 0.3) is 0 Å². The molecule has 3 aromatic rings. The van der Waals surface area contributed by atoms with E-state index in [1.807, 2.05) is 40.0 Å². The molecule has 2 aliphatic heterocycles. The first kappa shape index (κ1) is 21.9. The van der Waals surface area contributed by atoms with Crippen LogP contribution in [0.4, 0.5) is 10.1 Å². The molecule has 0 spiro atoms. The van der Waals surface area contributed by atoms with Gasteiger partial charge in [-0.2, -0.15) is 0 Å². The number of nitrogens with one attached hydrogen (secondary N) is 1. The Labute approximate surface area is 193 Å². The van der Waals surface area contributed by atoms with E-state index in [1.54, 1.807) is 12.3 Å². The highest BCUT2D eigenvalue weighted by atomic mass is 19.1. The Kier molecular flexibility index (Phi) is 5.20. The fourth-order valence-corrected chi connectivity index (χ4v) is 5.84. The minimum Gasteiger partial charge on any atom is -0.480 e. The van der Waals surface area contributed by atoms with Gasteiger partial charge in [0, 0.05) is 53.6 Å². The number of carboxylic acid groups (broad SMARTS) is 1. The maximum absolute atomic E-state index is 14.2. The number of piperidine rings is 1. The van der Waals surface area contributed by atoms with E-state index in [2.05, 4.69) is 19.8 Å².